The number of rotatable bonds is 5. The van der Waals surface area contributed by atoms with Gasteiger partial charge >= 0.3 is 0 Å². The number of methoxy groups -OCH3 is 1. The van der Waals surface area contributed by atoms with Crippen molar-refractivity contribution < 1.29 is 9.16 Å². The van der Waals surface area contributed by atoms with Gasteiger partial charge in [0.25, 0.3) is 0 Å². The molecule has 0 saturated heterocycles. The third-order valence-corrected chi connectivity index (χ3v) is 2.08. The molecule has 66 valence electrons. The second-order valence-corrected chi connectivity index (χ2v) is 7.88. The maximum absolute atomic E-state index is 5.67. The van der Waals surface area contributed by atoms with Crippen molar-refractivity contribution in [2.24, 2.45) is 0 Å². The van der Waals surface area contributed by atoms with Gasteiger partial charge in [-0.1, -0.05) is 6.08 Å². The van der Waals surface area contributed by atoms with Crippen molar-refractivity contribution in [3.8, 4) is 0 Å². The molecule has 2 nitrogen and oxygen atoms in total. The molecule has 0 aromatic rings. The first-order valence-corrected chi connectivity index (χ1v) is 7.22. The predicted octanol–water partition coefficient (Wildman–Crippen LogP) is 2.39. The third-order valence-electron chi connectivity index (χ3n) is 1.11. The monoisotopic (exact) mass is 174 g/mol. The van der Waals surface area contributed by atoms with Crippen molar-refractivity contribution in [1.82, 2.24) is 0 Å². The molecule has 0 heterocycles. The van der Waals surface area contributed by atoms with E-state index in [2.05, 4.69) is 26.2 Å². The van der Waals surface area contributed by atoms with E-state index in [1.807, 2.05) is 6.08 Å². The molecule has 0 radical (unpaired) electrons. The third kappa shape index (κ3) is 6.28. The fourth-order valence-corrected chi connectivity index (χ4v) is 1.70. The van der Waals surface area contributed by atoms with Crippen LogP contribution in [-0.4, -0.2) is 21.7 Å². The fourth-order valence-electron chi connectivity index (χ4n) is 0.723. The summed E-state index contributed by atoms with van der Waals surface area (Å²) in [6.07, 6.45) is 2.48. The number of hydrogen-bond acceptors (Lipinski definition) is 2. The summed E-state index contributed by atoms with van der Waals surface area (Å²) in [5, 5.41) is 0. The standard InChI is InChI=1S/C8H18O2Si/c1-6-7-8(9-2)10-11(3,4)5/h6,8H,1,7H2,2-5H3. The Kier molecular flexibility index (Phi) is 4.64. The van der Waals surface area contributed by atoms with Gasteiger partial charge in [-0.2, -0.15) is 0 Å². The number of hydrogen-bond donors (Lipinski definition) is 0. The average Bonchev–Trinajstić information content (AvgIpc) is 1.84. The maximum atomic E-state index is 5.67. The highest BCUT2D eigenvalue weighted by molar-refractivity contribution is 6.69. The van der Waals surface area contributed by atoms with E-state index < -0.39 is 8.32 Å². The lowest BCUT2D eigenvalue weighted by Crippen LogP contribution is -2.32. The highest BCUT2D eigenvalue weighted by Crippen LogP contribution is 2.10. The topological polar surface area (TPSA) is 18.5 Å². The molecule has 0 aliphatic rings. The van der Waals surface area contributed by atoms with Crippen molar-refractivity contribution in [3.63, 3.8) is 0 Å². The lowest BCUT2D eigenvalue weighted by molar-refractivity contribution is -0.0559. The summed E-state index contributed by atoms with van der Waals surface area (Å²) < 4.78 is 10.8. The Morgan fingerprint density at radius 2 is 2.00 bits per heavy atom. The summed E-state index contributed by atoms with van der Waals surface area (Å²) in [6.45, 7) is 10.1. The molecular formula is C8H18O2Si. The summed E-state index contributed by atoms with van der Waals surface area (Å²) in [5.41, 5.74) is 0. The van der Waals surface area contributed by atoms with Gasteiger partial charge in [0.15, 0.2) is 14.6 Å². The molecule has 1 unspecified atom stereocenters. The van der Waals surface area contributed by atoms with E-state index in [1.165, 1.54) is 0 Å². The Balaban J connectivity index is 3.77. The van der Waals surface area contributed by atoms with E-state index in [9.17, 15) is 0 Å². The molecule has 0 aliphatic heterocycles. The van der Waals surface area contributed by atoms with Gasteiger partial charge in [0, 0.05) is 13.5 Å². The quantitative estimate of drug-likeness (QED) is 0.362. The molecule has 0 N–H and O–H groups in total. The minimum absolute atomic E-state index is 0.0980. The number of ether oxygens (including phenoxy) is 1. The van der Waals surface area contributed by atoms with Crippen LogP contribution in [0, 0.1) is 0 Å². The summed E-state index contributed by atoms with van der Waals surface area (Å²) in [4.78, 5) is 0. The van der Waals surface area contributed by atoms with E-state index in [1.54, 1.807) is 7.11 Å². The zero-order chi connectivity index (χ0) is 8.91. The van der Waals surface area contributed by atoms with Crippen LogP contribution in [0.3, 0.4) is 0 Å². The van der Waals surface area contributed by atoms with Crippen molar-refractivity contribution >= 4 is 8.32 Å². The lowest BCUT2D eigenvalue weighted by Gasteiger charge is -2.24. The first-order chi connectivity index (χ1) is 4.99. The van der Waals surface area contributed by atoms with Crippen molar-refractivity contribution in [2.45, 2.75) is 32.4 Å². The Hall–Kier alpha value is -0.123. The second kappa shape index (κ2) is 4.69. The smallest absolute Gasteiger partial charge is 0.187 e. The molecule has 0 amide bonds. The largest absolute Gasteiger partial charge is 0.393 e. The van der Waals surface area contributed by atoms with Crippen molar-refractivity contribution in [3.05, 3.63) is 12.7 Å². The summed E-state index contributed by atoms with van der Waals surface area (Å²) in [5.74, 6) is 0. The summed E-state index contributed by atoms with van der Waals surface area (Å²) >= 11 is 0. The van der Waals surface area contributed by atoms with Crippen molar-refractivity contribution in [2.75, 3.05) is 7.11 Å². The molecular weight excluding hydrogens is 156 g/mol. The summed E-state index contributed by atoms with van der Waals surface area (Å²) in [7, 11) is 0.210. The normalized spacial score (nSPS) is 14.5. The van der Waals surface area contributed by atoms with E-state index in [-0.39, 0.29) is 6.29 Å². The minimum atomic E-state index is -1.45. The van der Waals surface area contributed by atoms with Crippen LogP contribution in [0.2, 0.25) is 19.6 Å². The van der Waals surface area contributed by atoms with Crippen LogP contribution < -0.4 is 0 Å². The molecule has 0 aromatic heterocycles. The van der Waals surface area contributed by atoms with Crippen LogP contribution in [0.4, 0.5) is 0 Å². The molecule has 0 bridgehead atoms. The highest BCUT2D eigenvalue weighted by Gasteiger charge is 2.19. The highest BCUT2D eigenvalue weighted by atomic mass is 28.4. The van der Waals surface area contributed by atoms with Gasteiger partial charge < -0.3 is 9.16 Å². The van der Waals surface area contributed by atoms with Gasteiger partial charge in [0.2, 0.25) is 0 Å². The van der Waals surface area contributed by atoms with Crippen LogP contribution >= 0.6 is 0 Å². The summed E-state index contributed by atoms with van der Waals surface area (Å²) in [6, 6.07) is 0. The van der Waals surface area contributed by atoms with E-state index in [0.29, 0.717) is 0 Å². The first kappa shape index (κ1) is 10.9. The van der Waals surface area contributed by atoms with Crippen LogP contribution in [0.5, 0.6) is 0 Å². The van der Waals surface area contributed by atoms with E-state index in [4.69, 9.17) is 9.16 Å². The average molecular weight is 174 g/mol. The molecule has 0 fully saturated rings. The van der Waals surface area contributed by atoms with Gasteiger partial charge in [0.05, 0.1) is 0 Å². The van der Waals surface area contributed by atoms with Gasteiger partial charge in [-0.05, 0) is 19.6 Å². The van der Waals surface area contributed by atoms with Gasteiger partial charge in [-0.15, -0.1) is 6.58 Å². The molecule has 11 heavy (non-hydrogen) atoms. The van der Waals surface area contributed by atoms with Crippen LogP contribution in [0.25, 0.3) is 0 Å². The van der Waals surface area contributed by atoms with Crippen LogP contribution in [0.1, 0.15) is 6.42 Å². The Bertz CT molecular complexity index is 118. The molecule has 0 aliphatic carbocycles. The molecule has 0 aromatic carbocycles. The van der Waals surface area contributed by atoms with E-state index >= 15 is 0 Å². The first-order valence-electron chi connectivity index (χ1n) is 3.81. The predicted molar refractivity (Wildman–Crippen MR) is 50.0 cm³/mol. The zero-order valence-corrected chi connectivity index (χ0v) is 8.89. The van der Waals surface area contributed by atoms with Gasteiger partial charge in [-0.25, -0.2) is 0 Å². The second-order valence-electron chi connectivity index (χ2n) is 3.42. The molecule has 1 atom stereocenters. The van der Waals surface area contributed by atoms with Crippen LogP contribution in [0.15, 0.2) is 12.7 Å². The molecule has 0 spiro atoms. The molecule has 0 rings (SSSR count). The van der Waals surface area contributed by atoms with E-state index in [0.717, 1.165) is 6.42 Å². The minimum Gasteiger partial charge on any atom is -0.393 e. The molecule has 0 saturated carbocycles. The SMILES string of the molecule is C=CCC(OC)O[Si](C)(C)C. The Morgan fingerprint density at radius 3 is 2.27 bits per heavy atom. The zero-order valence-electron chi connectivity index (χ0n) is 7.89. The Labute approximate surface area is 70.3 Å². The lowest BCUT2D eigenvalue weighted by atomic mass is 10.4. The van der Waals surface area contributed by atoms with Gasteiger partial charge in [-0.3, -0.25) is 0 Å². The van der Waals surface area contributed by atoms with Crippen LogP contribution in [-0.2, 0) is 9.16 Å². The maximum Gasteiger partial charge on any atom is 0.187 e. The fraction of sp³-hybridized carbons (Fsp3) is 0.750. The van der Waals surface area contributed by atoms with Crippen molar-refractivity contribution in [1.29, 1.82) is 0 Å². The van der Waals surface area contributed by atoms with Gasteiger partial charge in [0.1, 0.15) is 0 Å². The molecule has 3 heteroatoms. The Morgan fingerprint density at radius 1 is 1.45 bits per heavy atom.